The lowest BCUT2D eigenvalue weighted by molar-refractivity contribution is -0.166. The van der Waals surface area contributed by atoms with E-state index >= 15 is 0 Å². The first kappa shape index (κ1) is 19.8. The van der Waals surface area contributed by atoms with Crippen molar-refractivity contribution < 1.29 is 19.7 Å². The first-order valence-electron chi connectivity index (χ1n) is 8.90. The van der Waals surface area contributed by atoms with Crippen LogP contribution >= 0.6 is 0 Å². The lowest BCUT2D eigenvalue weighted by Gasteiger charge is -2.32. The summed E-state index contributed by atoms with van der Waals surface area (Å²) in [6.07, 6.45) is 2.85. The number of ketones is 1. The van der Waals surface area contributed by atoms with Crippen molar-refractivity contribution in [2.75, 3.05) is 6.61 Å². The molecule has 2 aromatic carbocycles. The molecule has 28 heavy (non-hydrogen) atoms. The number of rotatable bonds is 8. The molecule has 0 fully saturated rings. The number of Topliss-reactive ketones (excluding diaryl/α,β-unsaturated/α-hetero) is 1. The molecule has 0 aliphatic rings. The van der Waals surface area contributed by atoms with Gasteiger partial charge in [0.2, 0.25) is 0 Å². The number of carbonyl (C=O) groups excluding carboxylic acids is 1. The van der Waals surface area contributed by atoms with Gasteiger partial charge in [-0.25, -0.2) is 9.97 Å². The Kier molecular flexibility index (Phi) is 6.26. The van der Waals surface area contributed by atoms with Crippen LogP contribution in [0.4, 0.5) is 0 Å². The summed E-state index contributed by atoms with van der Waals surface area (Å²) in [7, 11) is 0. The molecule has 0 aliphatic carbocycles. The number of aliphatic hydroxyl groups is 2. The zero-order valence-corrected chi connectivity index (χ0v) is 15.5. The van der Waals surface area contributed by atoms with Crippen molar-refractivity contribution in [3.63, 3.8) is 0 Å². The number of carbonyl (C=O) groups is 1. The van der Waals surface area contributed by atoms with Gasteiger partial charge in [0.25, 0.3) is 0 Å². The van der Waals surface area contributed by atoms with Gasteiger partial charge in [0, 0.05) is 18.0 Å². The second kappa shape index (κ2) is 8.84. The Bertz CT molecular complexity index is 901. The fraction of sp³-hybridized carbons (Fsp3) is 0.227. The van der Waals surface area contributed by atoms with E-state index in [1.54, 1.807) is 0 Å². The normalized spacial score (nSPS) is 14.2. The van der Waals surface area contributed by atoms with Crippen molar-refractivity contribution in [2.24, 2.45) is 0 Å². The van der Waals surface area contributed by atoms with E-state index < -0.39 is 24.1 Å². The number of aliphatic hydroxyl groups excluding tert-OH is 2. The van der Waals surface area contributed by atoms with Crippen LogP contribution < -0.4 is 0 Å². The lowest BCUT2D eigenvalue weighted by atomic mass is 9.90. The molecular formula is C22H22N2O4. The quantitative estimate of drug-likeness (QED) is 0.626. The molecule has 0 amide bonds. The van der Waals surface area contributed by atoms with E-state index in [0.717, 1.165) is 16.7 Å². The van der Waals surface area contributed by atoms with Crippen LogP contribution in [0.5, 0.6) is 0 Å². The van der Waals surface area contributed by atoms with Gasteiger partial charge in [-0.3, -0.25) is 4.79 Å². The van der Waals surface area contributed by atoms with E-state index in [0.29, 0.717) is 5.56 Å². The summed E-state index contributed by atoms with van der Waals surface area (Å²) in [5.74, 6) is -0.621. The molecule has 2 N–H and O–H groups in total. The predicted molar refractivity (Wildman–Crippen MR) is 104 cm³/mol. The zero-order chi connectivity index (χ0) is 20.0. The van der Waals surface area contributed by atoms with Crippen molar-refractivity contribution in [1.82, 2.24) is 9.97 Å². The number of hydrogen-bond acceptors (Lipinski definition) is 6. The molecule has 0 bridgehead atoms. The monoisotopic (exact) mass is 378 g/mol. The topological polar surface area (TPSA) is 92.5 Å². The fourth-order valence-electron chi connectivity index (χ4n) is 2.90. The molecule has 0 spiro atoms. The highest BCUT2D eigenvalue weighted by atomic mass is 16.5. The number of ether oxygens (including phenoxy) is 1. The number of benzene rings is 2. The van der Waals surface area contributed by atoms with Crippen molar-refractivity contribution in [1.29, 1.82) is 0 Å². The first-order valence-corrected chi connectivity index (χ1v) is 8.90. The number of nitrogens with zero attached hydrogens (tertiary/aromatic N) is 2. The van der Waals surface area contributed by atoms with Crippen molar-refractivity contribution in [3.8, 4) is 11.1 Å². The molecule has 1 aromatic heterocycles. The Morgan fingerprint density at radius 3 is 2.25 bits per heavy atom. The second-order valence-electron chi connectivity index (χ2n) is 6.61. The largest absolute Gasteiger partial charge is 0.388 e. The summed E-state index contributed by atoms with van der Waals surface area (Å²) in [6, 6.07) is 17.7. The minimum atomic E-state index is -1.63. The minimum Gasteiger partial charge on any atom is -0.388 e. The fourth-order valence-corrected chi connectivity index (χ4v) is 2.90. The molecule has 0 radical (unpaired) electrons. The molecule has 144 valence electrons. The van der Waals surface area contributed by atoms with Gasteiger partial charge in [-0.2, -0.15) is 0 Å². The standard InChI is InChI=1S/C22H22N2O4/c1-22(20(26)13-25,21(27)19-11-23-15-24-12-19)28-14-16-7-9-18(10-8-16)17-5-3-2-4-6-17/h2-12,15,21,25,27H,13-14H2,1H3/t21-,22+/m0/s1. The van der Waals surface area contributed by atoms with Crippen LogP contribution in [0.2, 0.25) is 0 Å². The summed E-state index contributed by atoms with van der Waals surface area (Å²) < 4.78 is 5.82. The van der Waals surface area contributed by atoms with E-state index in [-0.39, 0.29) is 6.61 Å². The maximum absolute atomic E-state index is 12.3. The summed E-state index contributed by atoms with van der Waals surface area (Å²) in [5, 5.41) is 20.0. The molecule has 3 aromatic rings. The molecule has 6 nitrogen and oxygen atoms in total. The van der Waals surface area contributed by atoms with E-state index in [2.05, 4.69) is 9.97 Å². The van der Waals surface area contributed by atoms with Gasteiger partial charge in [0.1, 0.15) is 19.0 Å². The molecule has 0 saturated heterocycles. The number of hydrogen-bond donors (Lipinski definition) is 2. The van der Waals surface area contributed by atoms with E-state index in [4.69, 9.17) is 4.74 Å². The Morgan fingerprint density at radius 1 is 1.04 bits per heavy atom. The summed E-state index contributed by atoms with van der Waals surface area (Å²) >= 11 is 0. The van der Waals surface area contributed by atoms with Crippen LogP contribution in [0.25, 0.3) is 11.1 Å². The lowest BCUT2D eigenvalue weighted by Crippen LogP contribution is -2.46. The minimum absolute atomic E-state index is 0.0993. The first-order chi connectivity index (χ1) is 13.5. The molecular weight excluding hydrogens is 356 g/mol. The molecule has 2 atom stereocenters. The van der Waals surface area contributed by atoms with Crippen molar-refractivity contribution in [3.05, 3.63) is 84.4 Å². The molecule has 1 heterocycles. The summed E-state index contributed by atoms with van der Waals surface area (Å²) in [4.78, 5) is 20.1. The Morgan fingerprint density at radius 2 is 1.64 bits per heavy atom. The maximum atomic E-state index is 12.3. The van der Waals surface area contributed by atoms with Crippen molar-refractivity contribution >= 4 is 5.78 Å². The second-order valence-corrected chi connectivity index (χ2v) is 6.61. The Balaban J connectivity index is 1.76. The highest BCUT2D eigenvalue weighted by Gasteiger charge is 2.42. The molecule has 0 saturated carbocycles. The average molecular weight is 378 g/mol. The highest BCUT2D eigenvalue weighted by molar-refractivity contribution is 5.88. The third kappa shape index (κ3) is 4.31. The number of aromatic nitrogens is 2. The van der Waals surface area contributed by atoms with Gasteiger partial charge < -0.3 is 14.9 Å². The smallest absolute Gasteiger partial charge is 0.192 e. The zero-order valence-electron chi connectivity index (χ0n) is 15.5. The SMILES string of the molecule is C[C@@](OCc1ccc(-c2ccccc2)cc1)(C(=O)CO)[C@@H](O)c1cncnc1. The van der Waals surface area contributed by atoms with Gasteiger partial charge in [0.15, 0.2) is 11.4 Å². The molecule has 0 aliphatic heterocycles. The van der Waals surface area contributed by atoms with Gasteiger partial charge in [-0.1, -0.05) is 54.6 Å². The van der Waals surface area contributed by atoms with Crippen LogP contribution in [-0.4, -0.2) is 38.2 Å². The van der Waals surface area contributed by atoms with Crippen LogP contribution in [0.3, 0.4) is 0 Å². The van der Waals surface area contributed by atoms with E-state index in [1.165, 1.54) is 25.6 Å². The van der Waals surface area contributed by atoms with Gasteiger partial charge >= 0.3 is 0 Å². The molecule has 3 rings (SSSR count). The van der Waals surface area contributed by atoms with Gasteiger partial charge in [-0.05, 0) is 23.6 Å². The van der Waals surface area contributed by atoms with Gasteiger partial charge in [-0.15, -0.1) is 0 Å². The highest BCUT2D eigenvalue weighted by Crippen LogP contribution is 2.31. The summed E-state index contributed by atoms with van der Waals surface area (Å²) in [6.45, 7) is 0.817. The predicted octanol–water partition coefficient (Wildman–Crippen LogP) is 2.71. The van der Waals surface area contributed by atoms with Crippen LogP contribution in [-0.2, 0) is 16.1 Å². The average Bonchev–Trinajstić information content (AvgIpc) is 2.78. The third-order valence-electron chi connectivity index (χ3n) is 4.72. The molecule has 6 heteroatoms. The van der Waals surface area contributed by atoms with Crippen LogP contribution in [0.15, 0.2) is 73.3 Å². The van der Waals surface area contributed by atoms with Crippen LogP contribution in [0, 0.1) is 0 Å². The maximum Gasteiger partial charge on any atom is 0.192 e. The van der Waals surface area contributed by atoms with E-state index in [1.807, 2.05) is 54.6 Å². The Labute approximate surface area is 163 Å². The molecule has 0 unspecified atom stereocenters. The Hall–Kier alpha value is -2.93. The van der Waals surface area contributed by atoms with Gasteiger partial charge in [0.05, 0.1) is 6.61 Å². The van der Waals surface area contributed by atoms with E-state index in [9.17, 15) is 15.0 Å². The van der Waals surface area contributed by atoms with Crippen molar-refractivity contribution in [2.45, 2.75) is 25.2 Å². The third-order valence-corrected chi connectivity index (χ3v) is 4.72. The van der Waals surface area contributed by atoms with Crippen LogP contribution in [0.1, 0.15) is 24.2 Å². The summed E-state index contributed by atoms with van der Waals surface area (Å²) in [5.41, 5.74) is 1.73.